The lowest BCUT2D eigenvalue weighted by molar-refractivity contribution is 0.102. The van der Waals surface area contributed by atoms with Crippen molar-refractivity contribution >= 4 is 17.5 Å². The average Bonchev–Trinajstić information content (AvgIpc) is 2.41. The number of aryl methyl sites for hydroxylation is 1. The Kier molecular flexibility index (Phi) is 3.88. The molecule has 1 N–H and O–H groups in total. The molecule has 0 aliphatic carbocycles. The van der Waals surface area contributed by atoms with E-state index in [1.54, 1.807) is 19.1 Å². The number of carbonyl (C=O) groups excluding carboxylic acids is 1. The first-order chi connectivity index (χ1) is 8.66. The van der Waals surface area contributed by atoms with Crippen molar-refractivity contribution in [2.45, 2.75) is 12.1 Å². The van der Waals surface area contributed by atoms with Crippen molar-refractivity contribution in [1.29, 1.82) is 0 Å². The Bertz CT molecular complexity index is 610. The summed E-state index contributed by atoms with van der Waals surface area (Å²) in [7, 11) is 0. The van der Waals surface area contributed by atoms with Gasteiger partial charge in [0.2, 0.25) is 0 Å². The number of aromatic nitrogens is 3. The average molecular weight is 261 g/mol. The number of benzene rings is 1. The summed E-state index contributed by atoms with van der Waals surface area (Å²) in [5, 5.41) is 7.87. The maximum absolute atomic E-state index is 11.8. The van der Waals surface area contributed by atoms with E-state index in [4.69, 9.17) is 0 Å². The highest BCUT2D eigenvalue weighted by atomic mass is 32.2. The molecule has 0 unspecified atom stereocenters. The summed E-state index contributed by atoms with van der Waals surface area (Å²) in [6.45, 7) is 1.58. The van der Waals surface area contributed by atoms with Crippen LogP contribution in [0.25, 0.3) is 0 Å². The smallest absolute Gasteiger partial charge is 0.273 e. The van der Waals surface area contributed by atoms with E-state index in [1.807, 2.05) is 18.2 Å². The lowest BCUT2D eigenvalue weighted by Gasteiger charge is -2.00. The Hall–Kier alpha value is -1.95. The first-order valence-corrected chi connectivity index (χ1v) is 6.30. The minimum Gasteiger partial charge on any atom is -0.298 e. The second-order valence-electron chi connectivity index (χ2n) is 3.62. The zero-order valence-electron chi connectivity index (χ0n) is 9.71. The number of aromatic amines is 1. The molecule has 18 heavy (non-hydrogen) atoms. The number of hydrogen-bond donors (Lipinski definition) is 1. The number of nitrogens with one attached hydrogen (secondary N) is 1. The highest BCUT2D eigenvalue weighted by Crippen LogP contribution is 2.12. The topological polar surface area (TPSA) is 75.7 Å². The van der Waals surface area contributed by atoms with Gasteiger partial charge in [-0.25, -0.2) is 0 Å². The highest BCUT2D eigenvalue weighted by Gasteiger charge is 2.07. The van der Waals surface area contributed by atoms with E-state index < -0.39 is 0 Å². The standard InChI is InChI=1S/C12H11N3O2S/c1-8-11(17)13-12(15-14-8)18-7-10(16)9-5-3-2-4-6-9/h2-6H,7H2,1H3,(H,13,15,17). The molecule has 0 bridgehead atoms. The number of hydrogen-bond acceptors (Lipinski definition) is 5. The summed E-state index contributed by atoms with van der Waals surface area (Å²) in [5.41, 5.74) is 0.681. The van der Waals surface area contributed by atoms with Crippen LogP contribution in [0.4, 0.5) is 0 Å². The fraction of sp³-hybridized carbons (Fsp3) is 0.167. The van der Waals surface area contributed by atoms with Crippen molar-refractivity contribution in [1.82, 2.24) is 15.2 Å². The largest absolute Gasteiger partial charge is 0.298 e. The minimum absolute atomic E-state index is 0.0103. The molecule has 2 aromatic rings. The van der Waals surface area contributed by atoms with E-state index in [9.17, 15) is 9.59 Å². The van der Waals surface area contributed by atoms with Gasteiger partial charge in [-0.1, -0.05) is 42.1 Å². The molecule has 1 aromatic heterocycles. The van der Waals surface area contributed by atoms with Crippen molar-refractivity contribution in [3.05, 3.63) is 51.9 Å². The lowest BCUT2D eigenvalue weighted by Crippen LogP contribution is -2.14. The van der Waals surface area contributed by atoms with Crippen molar-refractivity contribution in [3.8, 4) is 0 Å². The van der Waals surface area contributed by atoms with E-state index >= 15 is 0 Å². The molecule has 6 heteroatoms. The number of rotatable bonds is 4. The second-order valence-corrected chi connectivity index (χ2v) is 4.59. The SMILES string of the molecule is Cc1nnc(SCC(=O)c2ccccc2)[nH]c1=O. The zero-order valence-corrected chi connectivity index (χ0v) is 10.5. The van der Waals surface area contributed by atoms with Crippen LogP contribution in [0.5, 0.6) is 0 Å². The summed E-state index contributed by atoms with van der Waals surface area (Å²) in [6, 6.07) is 8.99. The first kappa shape index (κ1) is 12.5. The summed E-state index contributed by atoms with van der Waals surface area (Å²) >= 11 is 1.17. The third-order valence-electron chi connectivity index (χ3n) is 2.28. The molecule has 5 nitrogen and oxygen atoms in total. The summed E-state index contributed by atoms with van der Waals surface area (Å²) < 4.78 is 0. The maximum Gasteiger partial charge on any atom is 0.273 e. The highest BCUT2D eigenvalue weighted by molar-refractivity contribution is 7.99. The van der Waals surface area contributed by atoms with Crippen LogP contribution in [-0.4, -0.2) is 26.7 Å². The van der Waals surface area contributed by atoms with Crippen LogP contribution in [0.3, 0.4) is 0 Å². The minimum atomic E-state index is -0.278. The molecule has 0 aliphatic heterocycles. The number of ketones is 1. The van der Waals surface area contributed by atoms with E-state index in [-0.39, 0.29) is 17.1 Å². The Morgan fingerprint density at radius 3 is 2.67 bits per heavy atom. The fourth-order valence-corrected chi connectivity index (χ4v) is 1.98. The molecule has 2 rings (SSSR count). The van der Waals surface area contributed by atoms with Gasteiger partial charge in [-0.3, -0.25) is 14.6 Å². The predicted octanol–water partition coefficient (Wildman–Crippen LogP) is 1.45. The van der Waals surface area contributed by atoms with Crippen LogP contribution in [0.1, 0.15) is 16.1 Å². The van der Waals surface area contributed by atoms with Crippen LogP contribution < -0.4 is 5.56 Å². The molecular weight excluding hydrogens is 250 g/mol. The molecule has 0 saturated carbocycles. The molecule has 0 aliphatic rings. The van der Waals surface area contributed by atoms with Crippen molar-refractivity contribution in [3.63, 3.8) is 0 Å². The van der Waals surface area contributed by atoms with Gasteiger partial charge in [-0.15, -0.1) is 10.2 Å². The van der Waals surface area contributed by atoms with Gasteiger partial charge >= 0.3 is 0 Å². The Labute approximate surface area is 108 Å². The van der Waals surface area contributed by atoms with Gasteiger partial charge in [0.15, 0.2) is 10.9 Å². The summed E-state index contributed by atoms with van der Waals surface area (Å²) in [4.78, 5) is 25.7. The van der Waals surface area contributed by atoms with Crippen LogP contribution >= 0.6 is 11.8 Å². The van der Waals surface area contributed by atoms with Crippen molar-refractivity contribution < 1.29 is 4.79 Å². The Morgan fingerprint density at radius 2 is 2.00 bits per heavy atom. The van der Waals surface area contributed by atoms with Crippen LogP contribution in [0.2, 0.25) is 0 Å². The molecule has 1 aromatic carbocycles. The van der Waals surface area contributed by atoms with Gasteiger partial charge in [0, 0.05) is 5.56 Å². The van der Waals surface area contributed by atoms with E-state index in [1.165, 1.54) is 11.8 Å². The number of carbonyl (C=O) groups is 1. The fourth-order valence-electron chi connectivity index (χ4n) is 1.28. The molecule has 0 amide bonds. The third kappa shape index (κ3) is 3.04. The van der Waals surface area contributed by atoms with E-state index in [0.717, 1.165) is 0 Å². The monoisotopic (exact) mass is 261 g/mol. The maximum atomic E-state index is 11.8. The van der Waals surface area contributed by atoms with Gasteiger partial charge in [0.05, 0.1) is 5.75 Å². The molecule has 0 spiro atoms. The number of Topliss-reactive ketones (excluding diaryl/α,β-unsaturated/α-hetero) is 1. The predicted molar refractivity (Wildman–Crippen MR) is 68.9 cm³/mol. The Balaban J connectivity index is 2.02. The van der Waals surface area contributed by atoms with Gasteiger partial charge < -0.3 is 0 Å². The first-order valence-electron chi connectivity index (χ1n) is 5.31. The molecule has 92 valence electrons. The van der Waals surface area contributed by atoms with Crippen LogP contribution in [0.15, 0.2) is 40.3 Å². The lowest BCUT2D eigenvalue weighted by atomic mass is 10.2. The van der Waals surface area contributed by atoms with Crippen molar-refractivity contribution in [2.75, 3.05) is 5.75 Å². The van der Waals surface area contributed by atoms with E-state index in [2.05, 4.69) is 15.2 Å². The quantitative estimate of drug-likeness (QED) is 0.666. The zero-order chi connectivity index (χ0) is 13.0. The van der Waals surface area contributed by atoms with Crippen LogP contribution in [0, 0.1) is 6.92 Å². The van der Waals surface area contributed by atoms with E-state index in [0.29, 0.717) is 16.4 Å². The molecule has 1 heterocycles. The summed E-state index contributed by atoms with van der Waals surface area (Å²) in [5.74, 6) is 0.210. The van der Waals surface area contributed by atoms with Gasteiger partial charge in [0.25, 0.3) is 5.56 Å². The second kappa shape index (κ2) is 5.59. The van der Waals surface area contributed by atoms with Gasteiger partial charge in [-0.05, 0) is 6.92 Å². The normalized spacial score (nSPS) is 10.3. The molecule has 0 atom stereocenters. The number of thioether (sulfide) groups is 1. The third-order valence-corrected chi connectivity index (χ3v) is 3.14. The molecule has 0 fully saturated rings. The van der Waals surface area contributed by atoms with Crippen molar-refractivity contribution in [2.24, 2.45) is 0 Å². The summed E-state index contributed by atoms with van der Waals surface area (Å²) in [6.07, 6.45) is 0. The molecular formula is C12H11N3O2S. The molecule has 0 saturated heterocycles. The molecule has 0 radical (unpaired) electrons. The van der Waals surface area contributed by atoms with Gasteiger partial charge in [-0.2, -0.15) is 0 Å². The Morgan fingerprint density at radius 1 is 1.28 bits per heavy atom. The van der Waals surface area contributed by atoms with Gasteiger partial charge in [0.1, 0.15) is 5.69 Å². The van der Waals surface area contributed by atoms with Crippen LogP contribution in [-0.2, 0) is 0 Å². The number of nitrogens with zero attached hydrogens (tertiary/aromatic N) is 2. The number of H-pyrrole nitrogens is 1.